The summed E-state index contributed by atoms with van der Waals surface area (Å²) in [7, 11) is 0. The van der Waals surface area contributed by atoms with Crippen molar-refractivity contribution in [3.05, 3.63) is 17.1 Å². The molecule has 0 unspecified atom stereocenters. The Labute approximate surface area is 70.2 Å². The lowest BCUT2D eigenvalue weighted by atomic mass is 10.2. The van der Waals surface area contributed by atoms with Gasteiger partial charge in [0.05, 0.1) is 12.4 Å². The molecule has 2 rings (SSSR count). The summed E-state index contributed by atoms with van der Waals surface area (Å²) in [4.78, 5) is 0. The maximum Gasteiger partial charge on any atom is 0.134 e. The highest BCUT2D eigenvalue weighted by Crippen LogP contribution is 2.19. The van der Waals surface area contributed by atoms with Gasteiger partial charge in [0.1, 0.15) is 11.4 Å². The Morgan fingerprint density at radius 1 is 1.42 bits per heavy atom. The Bertz CT molecular complexity index is 296. The summed E-state index contributed by atoms with van der Waals surface area (Å²) in [6.45, 7) is 2.67. The fourth-order valence-electron chi connectivity index (χ4n) is 1.16. The third-order valence-corrected chi connectivity index (χ3v) is 1.84. The van der Waals surface area contributed by atoms with Crippen LogP contribution in [0, 0.1) is 6.92 Å². The zero-order chi connectivity index (χ0) is 8.39. The van der Waals surface area contributed by atoms with E-state index >= 15 is 0 Å². The van der Waals surface area contributed by atoms with Crippen LogP contribution in [0.2, 0.25) is 0 Å². The molecule has 0 saturated carbocycles. The maximum atomic E-state index is 5.33. The standard InChI is InChI=1S/C8H10N2O2/c1-6-8(10-12-9-6)5-7-3-2-4-11-7/h5H,2-4H2,1H3/b7-5-. The first-order valence-electron chi connectivity index (χ1n) is 3.99. The van der Waals surface area contributed by atoms with E-state index in [-0.39, 0.29) is 0 Å². The zero-order valence-electron chi connectivity index (χ0n) is 6.91. The lowest BCUT2D eigenvalue weighted by molar-refractivity contribution is 0.266. The molecule has 2 heterocycles. The third kappa shape index (κ3) is 1.32. The molecular formula is C8H10N2O2. The van der Waals surface area contributed by atoms with Crippen molar-refractivity contribution in [2.75, 3.05) is 6.61 Å². The molecule has 1 aromatic rings. The number of hydrogen-bond acceptors (Lipinski definition) is 4. The highest BCUT2D eigenvalue weighted by molar-refractivity contribution is 5.48. The summed E-state index contributed by atoms with van der Waals surface area (Å²) in [5, 5.41) is 7.41. The lowest BCUT2D eigenvalue weighted by Crippen LogP contribution is -1.82. The molecule has 12 heavy (non-hydrogen) atoms. The molecule has 0 bridgehead atoms. The van der Waals surface area contributed by atoms with E-state index in [1.54, 1.807) is 0 Å². The highest BCUT2D eigenvalue weighted by atomic mass is 16.6. The van der Waals surface area contributed by atoms with E-state index in [1.807, 2.05) is 13.0 Å². The first-order valence-corrected chi connectivity index (χ1v) is 3.99. The van der Waals surface area contributed by atoms with Crippen LogP contribution in [0.3, 0.4) is 0 Å². The quantitative estimate of drug-likeness (QED) is 0.634. The summed E-state index contributed by atoms with van der Waals surface area (Å²) in [6.07, 6.45) is 3.97. The Hall–Kier alpha value is -1.32. The van der Waals surface area contributed by atoms with Crippen LogP contribution in [-0.4, -0.2) is 16.9 Å². The minimum absolute atomic E-state index is 0.770. The van der Waals surface area contributed by atoms with Crippen LogP contribution in [0.1, 0.15) is 24.2 Å². The van der Waals surface area contributed by atoms with Gasteiger partial charge in [0.25, 0.3) is 0 Å². The summed E-state index contributed by atoms with van der Waals surface area (Å²) < 4.78 is 9.89. The topological polar surface area (TPSA) is 48.2 Å². The third-order valence-electron chi connectivity index (χ3n) is 1.84. The van der Waals surface area contributed by atoms with Crippen molar-refractivity contribution in [2.45, 2.75) is 19.8 Å². The fourth-order valence-corrected chi connectivity index (χ4v) is 1.16. The molecule has 64 valence electrons. The van der Waals surface area contributed by atoms with Gasteiger partial charge in [-0.2, -0.15) is 0 Å². The molecule has 0 radical (unpaired) electrons. The van der Waals surface area contributed by atoms with Crippen LogP contribution in [-0.2, 0) is 4.74 Å². The monoisotopic (exact) mass is 166 g/mol. The Morgan fingerprint density at radius 3 is 2.92 bits per heavy atom. The molecule has 0 spiro atoms. The van der Waals surface area contributed by atoms with Gasteiger partial charge in [-0.3, -0.25) is 0 Å². The van der Waals surface area contributed by atoms with E-state index < -0.39 is 0 Å². The predicted octanol–water partition coefficient (Wildman–Crippen LogP) is 1.53. The largest absolute Gasteiger partial charge is 0.498 e. The van der Waals surface area contributed by atoms with Crippen LogP contribution >= 0.6 is 0 Å². The van der Waals surface area contributed by atoms with Gasteiger partial charge in [-0.05, 0) is 13.3 Å². The predicted molar refractivity (Wildman–Crippen MR) is 42.2 cm³/mol. The Balaban J connectivity index is 2.21. The first kappa shape index (κ1) is 7.34. The normalized spacial score (nSPS) is 19.9. The molecule has 0 amide bonds. The molecule has 1 aromatic heterocycles. The van der Waals surface area contributed by atoms with Crippen LogP contribution in [0.15, 0.2) is 10.4 Å². The maximum absolute atomic E-state index is 5.33. The van der Waals surface area contributed by atoms with E-state index in [9.17, 15) is 0 Å². The van der Waals surface area contributed by atoms with E-state index in [0.717, 1.165) is 36.6 Å². The second-order valence-corrected chi connectivity index (χ2v) is 2.80. The van der Waals surface area contributed by atoms with Gasteiger partial charge in [-0.15, -0.1) is 0 Å². The van der Waals surface area contributed by atoms with E-state index in [4.69, 9.17) is 4.74 Å². The molecular weight excluding hydrogens is 156 g/mol. The molecule has 0 aromatic carbocycles. The molecule has 1 saturated heterocycles. The number of nitrogens with zero attached hydrogens (tertiary/aromatic N) is 2. The molecule has 0 aliphatic carbocycles. The number of ether oxygens (including phenoxy) is 1. The number of hydrogen-bond donors (Lipinski definition) is 0. The van der Waals surface area contributed by atoms with Crippen LogP contribution in [0.4, 0.5) is 0 Å². The summed E-state index contributed by atoms with van der Waals surface area (Å²) in [5.74, 6) is 0.980. The van der Waals surface area contributed by atoms with Crippen LogP contribution in [0.25, 0.3) is 6.08 Å². The van der Waals surface area contributed by atoms with Crippen molar-refractivity contribution in [3.8, 4) is 0 Å². The molecule has 0 atom stereocenters. The van der Waals surface area contributed by atoms with Crippen molar-refractivity contribution in [3.63, 3.8) is 0 Å². The average Bonchev–Trinajstić information content (AvgIpc) is 2.65. The van der Waals surface area contributed by atoms with Gasteiger partial charge < -0.3 is 4.74 Å². The number of rotatable bonds is 1. The summed E-state index contributed by atoms with van der Waals surface area (Å²) in [5.41, 5.74) is 1.57. The molecule has 1 aliphatic heterocycles. The minimum atomic E-state index is 0.770. The average molecular weight is 166 g/mol. The van der Waals surface area contributed by atoms with Crippen LogP contribution in [0.5, 0.6) is 0 Å². The lowest BCUT2D eigenvalue weighted by Gasteiger charge is -1.94. The molecule has 4 nitrogen and oxygen atoms in total. The Kier molecular flexibility index (Phi) is 1.81. The highest BCUT2D eigenvalue weighted by Gasteiger charge is 2.09. The van der Waals surface area contributed by atoms with Crippen molar-refractivity contribution in [2.24, 2.45) is 0 Å². The molecule has 4 heteroatoms. The number of aryl methyl sites for hydroxylation is 1. The smallest absolute Gasteiger partial charge is 0.134 e. The summed E-state index contributed by atoms with van der Waals surface area (Å²) >= 11 is 0. The summed E-state index contributed by atoms with van der Waals surface area (Å²) in [6, 6.07) is 0. The minimum Gasteiger partial charge on any atom is -0.498 e. The number of aromatic nitrogens is 2. The fraction of sp³-hybridized carbons (Fsp3) is 0.500. The second kappa shape index (κ2) is 2.97. The number of allylic oxidation sites excluding steroid dienone is 1. The molecule has 0 N–H and O–H groups in total. The zero-order valence-corrected chi connectivity index (χ0v) is 6.91. The Morgan fingerprint density at radius 2 is 2.33 bits per heavy atom. The second-order valence-electron chi connectivity index (χ2n) is 2.80. The van der Waals surface area contributed by atoms with Gasteiger partial charge in [-0.25, -0.2) is 4.63 Å². The van der Waals surface area contributed by atoms with Crippen LogP contribution < -0.4 is 0 Å². The van der Waals surface area contributed by atoms with E-state index in [2.05, 4.69) is 14.9 Å². The van der Waals surface area contributed by atoms with E-state index in [0.29, 0.717) is 0 Å². The van der Waals surface area contributed by atoms with Gasteiger partial charge in [0.15, 0.2) is 0 Å². The van der Waals surface area contributed by atoms with Gasteiger partial charge in [-0.1, -0.05) is 10.3 Å². The first-order chi connectivity index (χ1) is 5.86. The van der Waals surface area contributed by atoms with Crippen molar-refractivity contribution in [1.82, 2.24) is 10.3 Å². The van der Waals surface area contributed by atoms with Crippen molar-refractivity contribution < 1.29 is 9.37 Å². The van der Waals surface area contributed by atoms with E-state index in [1.165, 1.54) is 0 Å². The van der Waals surface area contributed by atoms with Crippen molar-refractivity contribution in [1.29, 1.82) is 0 Å². The SMILES string of the molecule is Cc1nonc1/C=C1/CCCO1. The van der Waals surface area contributed by atoms with Gasteiger partial charge in [0.2, 0.25) is 0 Å². The van der Waals surface area contributed by atoms with Gasteiger partial charge >= 0.3 is 0 Å². The molecule has 1 aliphatic rings. The van der Waals surface area contributed by atoms with Crippen molar-refractivity contribution >= 4 is 6.08 Å². The van der Waals surface area contributed by atoms with Gasteiger partial charge in [0, 0.05) is 12.5 Å². The molecule has 1 fully saturated rings.